The number of methoxy groups -OCH3 is 2. The zero-order valence-corrected chi connectivity index (χ0v) is 16.7. The zero-order valence-electron chi connectivity index (χ0n) is 16.0. The van der Waals surface area contributed by atoms with E-state index in [1.165, 1.54) is 20.3 Å². The molecule has 7 heteroatoms. The topological polar surface area (TPSA) is 76.7 Å². The fourth-order valence-electron chi connectivity index (χ4n) is 2.26. The number of hydrogen-bond donors (Lipinski definition) is 2. The fourth-order valence-corrected chi connectivity index (χ4v) is 2.49. The molecule has 144 valence electrons. The first-order valence-electron chi connectivity index (χ1n) is 8.30. The van der Waals surface area contributed by atoms with Gasteiger partial charge in [0.2, 0.25) is 11.8 Å². The minimum absolute atomic E-state index is 0.351. The van der Waals surface area contributed by atoms with Gasteiger partial charge in [0.05, 0.1) is 24.9 Å². The lowest BCUT2D eigenvalue weighted by molar-refractivity contribution is -0.135. The molecule has 0 aliphatic rings. The Morgan fingerprint density at radius 1 is 0.926 bits per heavy atom. The Kier molecular flexibility index (Phi) is 6.33. The van der Waals surface area contributed by atoms with E-state index < -0.39 is 17.2 Å². The molecule has 0 bridgehead atoms. The van der Waals surface area contributed by atoms with Crippen LogP contribution < -0.4 is 20.1 Å². The van der Waals surface area contributed by atoms with Crippen LogP contribution in [0.25, 0.3) is 0 Å². The van der Waals surface area contributed by atoms with Gasteiger partial charge in [-0.05, 0) is 32.9 Å². The van der Waals surface area contributed by atoms with Crippen LogP contribution in [0.5, 0.6) is 11.5 Å². The van der Waals surface area contributed by atoms with Gasteiger partial charge in [-0.3, -0.25) is 9.59 Å². The SMILES string of the molecule is COc1cc(NC(=O)C(C)(C)C(=O)Nc2ccc(C)cc2)c(OC)cc1Cl. The summed E-state index contributed by atoms with van der Waals surface area (Å²) in [5.74, 6) is -0.169. The van der Waals surface area contributed by atoms with Gasteiger partial charge in [0.1, 0.15) is 16.9 Å². The average molecular weight is 391 g/mol. The van der Waals surface area contributed by atoms with Gasteiger partial charge in [-0.15, -0.1) is 0 Å². The van der Waals surface area contributed by atoms with Gasteiger partial charge in [0.25, 0.3) is 0 Å². The molecule has 2 N–H and O–H groups in total. The number of anilines is 2. The van der Waals surface area contributed by atoms with Crippen LogP contribution in [-0.2, 0) is 9.59 Å². The highest BCUT2D eigenvalue weighted by molar-refractivity contribution is 6.32. The quantitative estimate of drug-likeness (QED) is 0.722. The standard InChI is InChI=1S/C20H23ClN2O4/c1-12-6-8-13(9-7-12)22-18(24)20(2,3)19(25)23-15-11-16(26-4)14(21)10-17(15)27-5/h6-11H,1-5H3,(H,22,24)(H,23,25). The van der Waals surface area contributed by atoms with Gasteiger partial charge < -0.3 is 20.1 Å². The van der Waals surface area contributed by atoms with Crippen LogP contribution in [0.1, 0.15) is 19.4 Å². The number of carbonyl (C=O) groups is 2. The summed E-state index contributed by atoms with van der Waals surface area (Å²) in [7, 11) is 2.93. The summed E-state index contributed by atoms with van der Waals surface area (Å²) in [5, 5.41) is 5.83. The molecule has 0 fully saturated rings. The van der Waals surface area contributed by atoms with E-state index in [1.807, 2.05) is 19.1 Å². The molecule has 0 atom stereocenters. The Morgan fingerprint density at radius 2 is 1.48 bits per heavy atom. The molecule has 2 amide bonds. The van der Waals surface area contributed by atoms with Crippen molar-refractivity contribution in [2.75, 3.05) is 24.9 Å². The van der Waals surface area contributed by atoms with E-state index in [1.54, 1.807) is 32.0 Å². The van der Waals surface area contributed by atoms with Crippen LogP contribution >= 0.6 is 11.6 Å². The Balaban J connectivity index is 2.20. The number of amides is 2. The van der Waals surface area contributed by atoms with E-state index in [-0.39, 0.29) is 0 Å². The molecule has 0 radical (unpaired) electrons. The van der Waals surface area contributed by atoms with Crippen molar-refractivity contribution in [2.45, 2.75) is 20.8 Å². The van der Waals surface area contributed by atoms with Crippen LogP contribution in [0.3, 0.4) is 0 Å². The molecule has 0 heterocycles. The molecule has 2 rings (SSSR count). The summed E-state index contributed by atoms with van der Waals surface area (Å²) in [6.45, 7) is 5.05. The summed E-state index contributed by atoms with van der Waals surface area (Å²) in [6.07, 6.45) is 0. The van der Waals surface area contributed by atoms with Crippen LogP contribution in [-0.4, -0.2) is 26.0 Å². The van der Waals surface area contributed by atoms with Crippen molar-refractivity contribution in [1.29, 1.82) is 0 Å². The maximum absolute atomic E-state index is 12.8. The largest absolute Gasteiger partial charge is 0.495 e. The van der Waals surface area contributed by atoms with Gasteiger partial charge in [0.15, 0.2) is 0 Å². The third-order valence-corrected chi connectivity index (χ3v) is 4.46. The minimum Gasteiger partial charge on any atom is -0.495 e. The summed E-state index contributed by atoms with van der Waals surface area (Å²) >= 11 is 6.08. The molecule has 2 aromatic carbocycles. The van der Waals surface area contributed by atoms with E-state index in [2.05, 4.69) is 10.6 Å². The van der Waals surface area contributed by atoms with Crippen LogP contribution in [0, 0.1) is 12.3 Å². The van der Waals surface area contributed by atoms with E-state index >= 15 is 0 Å². The number of carbonyl (C=O) groups excluding carboxylic acids is 2. The lowest BCUT2D eigenvalue weighted by Crippen LogP contribution is -2.41. The first kappa shape index (κ1) is 20.6. The molecule has 2 aromatic rings. The minimum atomic E-state index is -1.33. The van der Waals surface area contributed by atoms with Gasteiger partial charge >= 0.3 is 0 Å². The molecule has 0 aromatic heterocycles. The number of halogens is 1. The molecule has 0 saturated heterocycles. The van der Waals surface area contributed by atoms with Crippen molar-refractivity contribution in [3.05, 3.63) is 47.0 Å². The lowest BCUT2D eigenvalue weighted by Gasteiger charge is -2.23. The van der Waals surface area contributed by atoms with E-state index in [9.17, 15) is 9.59 Å². The first-order valence-corrected chi connectivity index (χ1v) is 8.68. The molecule has 0 aliphatic heterocycles. The predicted octanol–water partition coefficient (Wildman–Crippen LogP) is 4.27. The molecule has 0 saturated carbocycles. The van der Waals surface area contributed by atoms with Crippen molar-refractivity contribution >= 4 is 34.8 Å². The summed E-state index contributed by atoms with van der Waals surface area (Å²) in [4.78, 5) is 25.4. The highest BCUT2D eigenvalue weighted by atomic mass is 35.5. The Hall–Kier alpha value is -2.73. The average Bonchev–Trinajstić information content (AvgIpc) is 2.64. The Bertz CT molecular complexity index is 848. The number of hydrogen-bond acceptors (Lipinski definition) is 4. The predicted molar refractivity (Wildman–Crippen MR) is 107 cm³/mol. The monoisotopic (exact) mass is 390 g/mol. The van der Waals surface area contributed by atoms with Crippen LogP contribution in [0.4, 0.5) is 11.4 Å². The van der Waals surface area contributed by atoms with Gasteiger partial charge in [-0.25, -0.2) is 0 Å². The fraction of sp³-hybridized carbons (Fsp3) is 0.300. The smallest absolute Gasteiger partial charge is 0.239 e. The number of nitrogens with one attached hydrogen (secondary N) is 2. The Morgan fingerprint density at radius 3 is 2.04 bits per heavy atom. The number of benzene rings is 2. The lowest BCUT2D eigenvalue weighted by atomic mass is 9.90. The molecule has 27 heavy (non-hydrogen) atoms. The third kappa shape index (κ3) is 4.71. The van der Waals surface area contributed by atoms with Crippen molar-refractivity contribution in [3.63, 3.8) is 0 Å². The molecular formula is C20H23ClN2O4. The van der Waals surface area contributed by atoms with Gasteiger partial charge in [-0.2, -0.15) is 0 Å². The van der Waals surface area contributed by atoms with Crippen LogP contribution in [0.2, 0.25) is 5.02 Å². The van der Waals surface area contributed by atoms with E-state index in [0.717, 1.165) is 5.56 Å². The summed E-state index contributed by atoms with van der Waals surface area (Å²) < 4.78 is 10.4. The normalized spacial score (nSPS) is 10.9. The highest BCUT2D eigenvalue weighted by Crippen LogP contribution is 2.36. The molecular weight excluding hydrogens is 368 g/mol. The van der Waals surface area contributed by atoms with Gasteiger partial charge in [-0.1, -0.05) is 29.3 Å². The molecule has 6 nitrogen and oxygen atoms in total. The molecule has 0 unspecified atom stereocenters. The maximum Gasteiger partial charge on any atom is 0.239 e. The maximum atomic E-state index is 12.8. The van der Waals surface area contributed by atoms with Crippen molar-refractivity contribution in [2.24, 2.45) is 5.41 Å². The van der Waals surface area contributed by atoms with Crippen molar-refractivity contribution < 1.29 is 19.1 Å². The second-order valence-corrected chi connectivity index (χ2v) is 6.99. The highest BCUT2D eigenvalue weighted by Gasteiger charge is 2.36. The first-order chi connectivity index (χ1) is 12.7. The third-order valence-electron chi connectivity index (χ3n) is 4.17. The second-order valence-electron chi connectivity index (χ2n) is 6.59. The van der Waals surface area contributed by atoms with Crippen LogP contribution in [0.15, 0.2) is 36.4 Å². The second kappa shape index (κ2) is 8.31. The van der Waals surface area contributed by atoms with E-state index in [4.69, 9.17) is 21.1 Å². The van der Waals surface area contributed by atoms with Crippen molar-refractivity contribution in [3.8, 4) is 11.5 Å². The Labute approximate surface area is 163 Å². The number of ether oxygens (including phenoxy) is 2. The zero-order chi connectivity index (χ0) is 20.2. The summed E-state index contributed by atoms with van der Waals surface area (Å²) in [5.41, 5.74) is 0.730. The number of rotatable bonds is 6. The number of aryl methyl sites for hydroxylation is 1. The van der Waals surface area contributed by atoms with E-state index in [0.29, 0.717) is 27.9 Å². The van der Waals surface area contributed by atoms with Crippen molar-refractivity contribution in [1.82, 2.24) is 0 Å². The molecule has 0 spiro atoms. The summed E-state index contributed by atoms with van der Waals surface area (Å²) in [6, 6.07) is 10.4. The van der Waals surface area contributed by atoms with Gasteiger partial charge in [0, 0.05) is 17.8 Å². The molecule has 0 aliphatic carbocycles.